The SMILES string of the molecule is C=CCO/N=C(/C(=O)NC1C(=O)N2C(C(=O)O)=C(S/C=C\c3ccc(C)nc3)CSC12)c1csc(N)n1. The zero-order valence-electron chi connectivity index (χ0n) is 19.5. The first-order valence-electron chi connectivity index (χ1n) is 10.8. The number of hydrogen-bond acceptors (Lipinski definition) is 11. The maximum atomic E-state index is 13.0. The molecule has 2 aromatic heterocycles. The number of carboxylic acid groups (broad SMARTS) is 1. The van der Waals surface area contributed by atoms with Gasteiger partial charge in [-0.1, -0.05) is 35.6 Å². The molecule has 2 amide bonds. The van der Waals surface area contributed by atoms with Gasteiger partial charge in [0.05, 0.1) is 0 Å². The number of carboxylic acids is 1. The summed E-state index contributed by atoms with van der Waals surface area (Å²) in [6.45, 7) is 5.48. The fraction of sp³-hybridized carbons (Fsp3) is 0.217. The number of aromatic nitrogens is 2. The van der Waals surface area contributed by atoms with Crippen LogP contribution in [0, 0.1) is 6.92 Å². The number of carbonyl (C=O) groups is 3. The monoisotopic (exact) mass is 558 g/mol. The van der Waals surface area contributed by atoms with Crippen molar-refractivity contribution in [2.75, 3.05) is 18.1 Å². The van der Waals surface area contributed by atoms with Crippen LogP contribution in [-0.4, -0.2) is 67.2 Å². The standard InChI is InChI=1S/C23H22N6O5S3/c1-3-7-34-28-16(14-10-37-23(24)26-14)19(30)27-17-20(31)29-18(22(32)33)15(11-36-21(17)29)35-8-6-13-5-4-12(2)25-9-13/h3-6,8-10,17,21H,1,7,11H2,2H3,(H2,24,26)(H,27,30)(H,32,33)/b8-6-,28-16+. The number of aryl methyl sites for hydroxylation is 1. The van der Waals surface area contributed by atoms with E-state index in [1.54, 1.807) is 17.0 Å². The van der Waals surface area contributed by atoms with Crippen LogP contribution < -0.4 is 11.1 Å². The van der Waals surface area contributed by atoms with Crippen LogP contribution in [0.25, 0.3) is 6.08 Å². The number of β-lactam (4-membered cyclic amide) rings is 1. The second-order valence-corrected chi connectivity index (χ2v) is 10.7. The number of amides is 2. The molecule has 0 radical (unpaired) electrons. The first-order valence-corrected chi connectivity index (χ1v) is 13.6. The highest BCUT2D eigenvalue weighted by Crippen LogP contribution is 2.43. The van der Waals surface area contributed by atoms with E-state index in [0.717, 1.165) is 22.6 Å². The van der Waals surface area contributed by atoms with E-state index in [1.165, 1.54) is 34.5 Å². The van der Waals surface area contributed by atoms with Crippen molar-refractivity contribution in [1.29, 1.82) is 0 Å². The molecule has 192 valence electrons. The number of anilines is 1. The lowest BCUT2D eigenvalue weighted by atomic mass is 10.0. The van der Waals surface area contributed by atoms with Crippen molar-refractivity contribution in [3.63, 3.8) is 0 Å². The zero-order chi connectivity index (χ0) is 26.5. The van der Waals surface area contributed by atoms with Gasteiger partial charge >= 0.3 is 5.97 Å². The Morgan fingerprint density at radius 2 is 2.27 bits per heavy atom. The Bertz CT molecular complexity index is 1320. The van der Waals surface area contributed by atoms with E-state index in [2.05, 4.69) is 27.0 Å². The van der Waals surface area contributed by atoms with Crippen LogP contribution in [-0.2, 0) is 19.2 Å². The summed E-state index contributed by atoms with van der Waals surface area (Å²) in [6, 6.07) is 2.85. The van der Waals surface area contributed by atoms with Gasteiger partial charge < -0.3 is 21.0 Å². The molecule has 2 unspecified atom stereocenters. The molecule has 4 N–H and O–H groups in total. The number of pyridine rings is 1. The molecule has 0 saturated carbocycles. The molecule has 2 aliphatic rings. The second-order valence-electron chi connectivity index (χ2n) is 7.69. The fourth-order valence-corrected chi connectivity index (χ4v) is 6.32. The number of rotatable bonds is 10. The Labute approximate surface area is 224 Å². The minimum absolute atomic E-state index is 0.0626. The third-order valence-corrected chi connectivity index (χ3v) is 8.19. The third-order valence-electron chi connectivity index (χ3n) is 5.16. The first-order chi connectivity index (χ1) is 17.8. The van der Waals surface area contributed by atoms with E-state index >= 15 is 0 Å². The molecule has 0 bridgehead atoms. The number of nitrogens with zero attached hydrogens (tertiary/aromatic N) is 4. The van der Waals surface area contributed by atoms with Crippen molar-refractivity contribution in [2.24, 2.45) is 5.16 Å². The summed E-state index contributed by atoms with van der Waals surface area (Å²) in [7, 11) is 0. The molecule has 0 spiro atoms. The number of aliphatic carboxylic acids is 1. The van der Waals surface area contributed by atoms with Crippen LogP contribution in [0.2, 0.25) is 0 Å². The van der Waals surface area contributed by atoms with E-state index in [9.17, 15) is 19.5 Å². The molecular weight excluding hydrogens is 536 g/mol. The summed E-state index contributed by atoms with van der Waals surface area (Å²) in [6.07, 6.45) is 5.00. The van der Waals surface area contributed by atoms with Crippen LogP contribution in [0.1, 0.15) is 17.0 Å². The number of thioether (sulfide) groups is 2. The smallest absolute Gasteiger partial charge is 0.353 e. The van der Waals surface area contributed by atoms with E-state index in [-0.39, 0.29) is 28.8 Å². The molecule has 2 aliphatic heterocycles. The van der Waals surface area contributed by atoms with Gasteiger partial charge in [0, 0.05) is 27.9 Å². The number of nitrogens with two attached hydrogens (primary N) is 1. The van der Waals surface area contributed by atoms with Gasteiger partial charge in [-0.05, 0) is 30.0 Å². The summed E-state index contributed by atoms with van der Waals surface area (Å²) >= 11 is 3.72. The van der Waals surface area contributed by atoms with Crippen LogP contribution in [0.3, 0.4) is 0 Å². The average molecular weight is 559 g/mol. The van der Waals surface area contributed by atoms with Gasteiger partial charge in [-0.25, -0.2) is 9.78 Å². The highest BCUT2D eigenvalue weighted by molar-refractivity contribution is 8.08. The molecule has 1 saturated heterocycles. The highest BCUT2D eigenvalue weighted by Gasteiger charge is 2.54. The summed E-state index contributed by atoms with van der Waals surface area (Å²) in [5, 5.41) is 19.3. The number of carbonyl (C=O) groups excluding carboxylic acids is 2. The normalized spacial score (nSPS) is 19.4. The molecule has 0 aromatic carbocycles. The molecule has 4 rings (SSSR count). The number of thiazole rings is 1. The number of nitrogen functional groups attached to an aromatic ring is 1. The minimum atomic E-state index is -1.21. The molecule has 4 heterocycles. The number of hydrogen-bond donors (Lipinski definition) is 3. The van der Waals surface area contributed by atoms with Gasteiger partial charge in [0.1, 0.15) is 29.4 Å². The lowest BCUT2D eigenvalue weighted by molar-refractivity contribution is -0.150. The number of oxime groups is 1. The quantitative estimate of drug-likeness (QED) is 0.130. The predicted octanol–water partition coefficient (Wildman–Crippen LogP) is 2.44. The molecule has 14 heteroatoms. The topological polar surface area (TPSA) is 160 Å². The molecule has 37 heavy (non-hydrogen) atoms. The largest absolute Gasteiger partial charge is 0.477 e. The summed E-state index contributed by atoms with van der Waals surface area (Å²) < 4.78 is 0. The van der Waals surface area contributed by atoms with Crippen LogP contribution in [0.15, 0.2) is 57.5 Å². The Morgan fingerprint density at radius 1 is 1.46 bits per heavy atom. The zero-order valence-corrected chi connectivity index (χ0v) is 21.9. The van der Waals surface area contributed by atoms with Crippen LogP contribution in [0.5, 0.6) is 0 Å². The fourth-order valence-electron chi connectivity index (χ4n) is 3.42. The number of nitrogens with one attached hydrogen (secondary N) is 1. The predicted molar refractivity (Wildman–Crippen MR) is 144 cm³/mol. The van der Waals surface area contributed by atoms with E-state index in [4.69, 9.17) is 10.6 Å². The van der Waals surface area contributed by atoms with Gasteiger partial charge in [-0.3, -0.25) is 19.5 Å². The lowest BCUT2D eigenvalue weighted by Gasteiger charge is -2.49. The molecule has 1 fully saturated rings. The summed E-state index contributed by atoms with van der Waals surface area (Å²) in [5.74, 6) is -2.08. The molecule has 0 aliphatic carbocycles. The molecule has 11 nitrogen and oxygen atoms in total. The Hall–Kier alpha value is -3.62. The van der Waals surface area contributed by atoms with Gasteiger partial charge in [0.2, 0.25) is 0 Å². The third kappa shape index (κ3) is 5.87. The maximum Gasteiger partial charge on any atom is 0.353 e. The Balaban J connectivity index is 1.48. The highest BCUT2D eigenvalue weighted by atomic mass is 32.2. The second kappa shape index (κ2) is 11.6. The average Bonchev–Trinajstić information content (AvgIpc) is 3.31. The van der Waals surface area contributed by atoms with Gasteiger partial charge in [-0.15, -0.1) is 23.1 Å². The van der Waals surface area contributed by atoms with E-state index in [1.807, 2.05) is 25.1 Å². The van der Waals surface area contributed by atoms with Crippen LogP contribution >= 0.6 is 34.9 Å². The van der Waals surface area contributed by atoms with Crippen molar-refractivity contribution in [1.82, 2.24) is 20.2 Å². The van der Waals surface area contributed by atoms with Gasteiger partial charge in [0.15, 0.2) is 10.8 Å². The molecule has 2 aromatic rings. The van der Waals surface area contributed by atoms with Crippen molar-refractivity contribution >= 4 is 69.6 Å². The van der Waals surface area contributed by atoms with E-state index in [0.29, 0.717) is 10.7 Å². The molecular formula is C23H22N6O5S3. The molecule has 2 atom stereocenters. The maximum absolute atomic E-state index is 13.0. The summed E-state index contributed by atoms with van der Waals surface area (Å²) in [5.41, 5.74) is 7.40. The van der Waals surface area contributed by atoms with Crippen LogP contribution in [0.4, 0.5) is 5.13 Å². The number of fused-ring (bicyclic) bond motifs is 1. The first kappa shape index (κ1) is 26.4. The van der Waals surface area contributed by atoms with E-state index < -0.39 is 29.2 Å². The van der Waals surface area contributed by atoms with Crippen molar-refractivity contribution < 1.29 is 24.3 Å². The minimum Gasteiger partial charge on any atom is -0.477 e. The van der Waals surface area contributed by atoms with Gasteiger partial charge in [-0.2, -0.15) is 0 Å². The Kier molecular flexibility index (Phi) is 8.31. The lowest BCUT2D eigenvalue weighted by Crippen LogP contribution is -2.71. The Morgan fingerprint density at radius 3 is 2.92 bits per heavy atom. The summed E-state index contributed by atoms with van der Waals surface area (Å²) in [4.78, 5) is 53.2. The van der Waals surface area contributed by atoms with Gasteiger partial charge in [0.25, 0.3) is 11.8 Å². The van der Waals surface area contributed by atoms with Crippen molar-refractivity contribution in [2.45, 2.75) is 18.3 Å². The van der Waals surface area contributed by atoms with Crippen molar-refractivity contribution in [3.8, 4) is 0 Å². The van der Waals surface area contributed by atoms with Crippen molar-refractivity contribution in [3.05, 3.63) is 69.3 Å².